The van der Waals surface area contributed by atoms with Crippen molar-refractivity contribution in [1.29, 1.82) is 0 Å². The number of methoxy groups -OCH3 is 1. The molecule has 0 radical (unpaired) electrons. The van der Waals surface area contributed by atoms with Gasteiger partial charge in [-0.3, -0.25) is 0 Å². The van der Waals surface area contributed by atoms with Crippen LogP contribution in [0.4, 0.5) is 0 Å². The van der Waals surface area contributed by atoms with Crippen LogP contribution in [-0.4, -0.2) is 26.9 Å². The van der Waals surface area contributed by atoms with E-state index in [1.165, 1.54) is 5.56 Å². The first kappa shape index (κ1) is 11.7. The van der Waals surface area contributed by atoms with Crippen molar-refractivity contribution in [3.63, 3.8) is 0 Å². The fraction of sp³-hybridized carbons (Fsp3) is 0.500. The van der Waals surface area contributed by atoms with Gasteiger partial charge in [0.2, 0.25) is 0 Å². The SMILES string of the molecule is COCCNCc1cc(Cl)cc2c1OCC2. The molecule has 16 heavy (non-hydrogen) atoms. The second kappa shape index (κ2) is 5.53. The number of hydrogen-bond acceptors (Lipinski definition) is 3. The van der Waals surface area contributed by atoms with Crippen molar-refractivity contribution in [1.82, 2.24) is 5.32 Å². The molecule has 0 atom stereocenters. The second-order valence-corrected chi connectivity index (χ2v) is 4.26. The van der Waals surface area contributed by atoms with Gasteiger partial charge in [0.15, 0.2) is 0 Å². The summed E-state index contributed by atoms with van der Waals surface area (Å²) in [5.74, 6) is 1.01. The molecule has 0 saturated carbocycles. The Kier molecular flexibility index (Phi) is 4.04. The summed E-state index contributed by atoms with van der Waals surface area (Å²) in [6.45, 7) is 3.08. The molecule has 3 nitrogen and oxygen atoms in total. The molecule has 0 amide bonds. The molecule has 1 aliphatic rings. The van der Waals surface area contributed by atoms with E-state index in [4.69, 9.17) is 21.1 Å². The van der Waals surface area contributed by atoms with E-state index in [-0.39, 0.29) is 0 Å². The Hall–Kier alpha value is -0.770. The smallest absolute Gasteiger partial charge is 0.127 e. The highest BCUT2D eigenvalue weighted by atomic mass is 35.5. The van der Waals surface area contributed by atoms with Crippen LogP contribution in [0.2, 0.25) is 5.02 Å². The highest BCUT2D eigenvalue weighted by Gasteiger charge is 2.16. The summed E-state index contributed by atoms with van der Waals surface area (Å²) in [5.41, 5.74) is 2.35. The third-order valence-corrected chi connectivity index (χ3v) is 2.84. The van der Waals surface area contributed by atoms with Gasteiger partial charge < -0.3 is 14.8 Å². The summed E-state index contributed by atoms with van der Waals surface area (Å²) in [5, 5.41) is 4.08. The predicted molar refractivity (Wildman–Crippen MR) is 64.2 cm³/mol. The number of halogens is 1. The van der Waals surface area contributed by atoms with Gasteiger partial charge in [0, 0.05) is 37.2 Å². The lowest BCUT2D eigenvalue weighted by Gasteiger charge is -2.09. The molecule has 0 aromatic heterocycles. The van der Waals surface area contributed by atoms with Crippen molar-refractivity contribution in [2.24, 2.45) is 0 Å². The standard InChI is InChI=1S/C12H16ClNO2/c1-15-5-3-14-8-10-7-11(13)6-9-2-4-16-12(9)10/h6-7,14H,2-5,8H2,1H3. The summed E-state index contributed by atoms with van der Waals surface area (Å²) < 4.78 is 10.6. The van der Waals surface area contributed by atoms with Crippen LogP contribution in [0.1, 0.15) is 11.1 Å². The Labute approximate surface area is 101 Å². The third-order valence-electron chi connectivity index (χ3n) is 2.62. The Bertz CT molecular complexity index is 368. The maximum absolute atomic E-state index is 6.06. The van der Waals surface area contributed by atoms with Gasteiger partial charge in [-0.15, -0.1) is 0 Å². The van der Waals surface area contributed by atoms with Crippen molar-refractivity contribution in [3.05, 3.63) is 28.3 Å². The molecule has 4 heteroatoms. The quantitative estimate of drug-likeness (QED) is 0.800. The number of nitrogens with one attached hydrogen (secondary N) is 1. The van der Waals surface area contributed by atoms with Crippen LogP contribution in [0.5, 0.6) is 5.75 Å². The Morgan fingerprint density at radius 3 is 3.19 bits per heavy atom. The molecule has 88 valence electrons. The van der Waals surface area contributed by atoms with Gasteiger partial charge in [-0.05, 0) is 17.7 Å². The lowest BCUT2D eigenvalue weighted by Crippen LogP contribution is -2.18. The van der Waals surface area contributed by atoms with E-state index in [2.05, 4.69) is 5.32 Å². The number of rotatable bonds is 5. The van der Waals surface area contributed by atoms with E-state index in [1.54, 1.807) is 7.11 Å². The minimum atomic E-state index is 0.712. The molecule has 2 rings (SSSR count). The van der Waals surface area contributed by atoms with Crippen LogP contribution in [0.15, 0.2) is 12.1 Å². The lowest BCUT2D eigenvalue weighted by molar-refractivity contribution is 0.199. The summed E-state index contributed by atoms with van der Waals surface area (Å²) in [4.78, 5) is 0. The van der Waals surface area contributed by atoms with E-state index in [0.717, 1.165) is 42.5 Å². The molecular formula is C12H16ClNO2. The normalized spacial score (nSPS) is 13.6. The summed E-state index contributed by atoms with van der Waals surface area (Å²) in [7, 11) is 1.70. The maximum atomic E-state index is 6.06. The molecule has 0 unspecified atom stereocenters. The molecule has 1 N–H and O–H groups in total. The summed E-state index contributed by atoms with van der Waals surface area (Å²) in [6, 6.07) is 3.95. The molecule has 1 aromatic rings. The zero-order chi connectivity index (χ0) is 11.4. The van der Waals surface area contributed by atoms with Gasteiger partial charge >= 0.3 is 0 Å². The van der Waals surface area contributed by atoms with Crippen LogP contribution >= 0.6 is 11.6 Å². The van der Waals surface area contributed by atoms with E-state index in [1.807, 2.05) is 12.1 Å². The molecule has 0 aliphatic carbocycles. The number of benzene rings is 1. The molecule has 1 heterocycles. The Balaban J connectivity index is 2.03. The zero-order valence-electron chi connectivity index (χ0n) is 9.38. The van der Waals surface area contributed by atoms with Crippen molar-refractivity contribution < 1.29 is 9.47 Å². The molecular weight excluding hydrogens is 226 g/mol. The van der Waals surface area contributed by atoms with Crippen LogP contribution in [0, 0.1) is 0 Å². The average molecular weight is 242 g/mol. The van der Waals surface area contributed by atoms with Crippen molar-refractivity contribution in [2.45, 2.75) is 13.0 Å². The molecule has 1 aromatic carbocycles. The third kappa shape index (κ3) is 2.67. The van der Waals surface area contributed by atoms with E-state index >= 15 is 0 Å². The topological polar surface area (TPSA) is 30.5 Å². The van der Waals surface area contributed by atoms with Crippen molar-refractivity contribution >= 4 is 11.6 Å². The summed E-state index contributed by atoms with van der Waals surface area (Å²) in [6.07, 6.45) is 0.959. The van der Waals surface area contributed by atoms with E-state index in [0.29, 0.717) is 6.61 Å². The van der Waals surface area contributed by atoms with Gasteiger partial charge in [0.05, 0.1) is 13.2 Å². The maximum Gasteiger partial charge on any atom is 0.127 e. The van der Waals surface area contributed by atoms with Gasteiger partial charge in [0.25, 0.3) is 0 Å². The Morgan fingerprint density at radius 1 is 1.50 bits per heavy atom. The predicted octanol–water partition coefficient (Wildman–Crippen LogP) is 2.01. The molecule has 0 saturated heterocycles. The van der Waals surface area contributed by atoms with Crippen molar-refractivity contribution in [3.8, 4) is 5.75 Å². The minimum absolute atomic E-state index is 0.712. The first-order valence-electron chi connectivity index (χ1n) is 5.45. The average Bonchev–Trinajstić information content (AvgIpc) is 2.72. The minimum Gasteiger partial charge on any atom is -0.493 e. The van der Waals surface area contributed by atoms with Crippen LogP contribution < -0.4 is 10.1 Å². The zero-order valence-corrected chi connectivity index (χ0v) is 10.1. The second-order valence-electron chi connectivity index (χ2n) is 3.82. The van der Waals surface area contributed by atoms with E-state index in [9.17, 15) is 0 Å². The van der Waals surface area contributed by atoms with Gasteiger partial charge in [0.1, 0.15) is 5.75 Å². The first-order chi connectivity index (χ1) is 7.81. The molecule has 1 aliphatic heterocycles. The first-order valence-corrected chi connectivity index (χ1v) is 5.83. The highest BCUT2D eigenvalue weighted by molar-refractivity contribution is 6.30. The van der Waals surface area contributed by atoms with Gasteiger partial charge in [-0.1, -0.05) is 11.6 Å². The number of hydrogen-bond donors (Lipinski definition) is 1. The van der Waals surface area contributed by atoms with E-state index < -0.39 is 0 Å². The highest BCUT2D eigenvalue weighted by Crippen LogP contribution is 2.32. The van der Waals surface area contributed by atoms with Crippen molar-refractivity contribution in [2.75, 3.05) is 26.9 Å². The largest absolute Gasteiger partial charge is 0.493 e. The monoisotopic (exact) mass is 241 g/mol. The van der Waals surface area contributed by atoms with Gasteiger partial charge in [-0.25, -0.2) is 0 Å². The molecule has 0 spiro atoms. The van der Waals surface area contributed by atoms with Crippen LogP contribution in [0.25, 0.3) is 0 Å². The van der Waals surface area contributed by atoms with Gasteiger partial charge in [-0.2, -0.15) is 0 Å². The molecule has 0 fully saturated rings. The number of ether oxygens (including phenoxy) is 2. The van der Waals surface area contributed by atoms with Crippen LogP contribution in [-0.2, 0) is 17.7 Å². The fourth-order valence-corrected chi connectivity index (χ4v) is 2.14. The Morgan fingerprint density at radius 2 is 2.38 bits per heavy atom. The molecule has 0 bridgehead atoms. The number of fused-ring (bicyclic) bond motifs is 1. The summed E-state index contributed by atoms with van der Waals surface area (Å²) >= 11 is 6.06. The lowest BCUT2D eigenvalue weighted by atomic mass is 10.1. The fourth-order valence-electron chi connectivity index (χ4n) is 1.87. The van der Waals surface area contributed by atoms with Crippen LogP contribution in [0.3, 0.4) is 0 Å².